The maximum absolute atomic E-state index is 9.65. The van der Waals surface area contributed by atoms with Gasteiger partial charge in [-0.05, 0) is 12.8 Å². The van der Waals surface area contributed by atoms with Crippen molar-refractivity contribution in [1.29, 1.82) is 0 Å². The Morgan fingerprint density at radius 2 is 0.794 bits per heavy atom. The lowest BCUT2D eigenvalue weighted by Crippen LogP contribution is -2.33. The number of aliphatic hydroxyl groups is 3. The fourth-order valence-corrected chi connectivity index (χ4v) is 3.28. The number of aliphatic hydroxyl groups excluding tert-OH is 3. The zero-order valence-corrected chi connectivity index (χ0v) is 23.3. The van der Waals surface area contributed by atoms with Gasteiger partial charge in [-0.15, -0.1) is 12.4 Å². The molecule has 34 heavy (non-hydrogen) atoms. The number of aliphatic carboxylic acids is 1. The first kappa shape index (κ1) is 40.8. The van der Waals surface area contributed by atoms with Crippen LogP contribution >= 0.6 is 12.4 Å². The van der Waals surface area contributed by atoms with Crippen LogP contribution < -0.4 is 5.73 Å². The molecule has 0 aliphatic carbocycles. The second-order valence-electron chi connectivity index (χ2n) is 8.94. The Morgan fingerprint density at radius 1 is 0.559 bits per heavy atom. The van der Waals surface area contributed by atoms with E-state index in [0.29, 0.717) is 13.2 Å². The van der Waals surface area contributed by atoms with Crippen molar-refractivity contribution >= 4 is 18.4 Å². The van der Waals surface area contributed by atoms with Gasteiger partial charge in [0.15, 0.2) is 0 Å². The topological polar surface area (TPSA) is 124 Å². The van der Waals surface area contributed by atoms with E-state index in [1.807, 2.05) is 0 Å². The molecule has 0 radical (unpaired) electrons. The molecule has 0 aliphatic heterocycles. The summed E-state index contributed by atoms with van der Waals surface area (Å²) in [5, 5.41) is 33.0. The fourth-order valence-electron chi connectivity index (χ4n) is 3.28. The molecule has 0 amide bonds. The summed E-state index contributed by atoms with van der Waals surface area (Å²) in [5.74, 6) is -1.18. The summed E-state index contributed by atoms with van der Waals surface area (Å²) >= 11 is 0. The van der Waals surface area contributed by atoms with Crippen molar-refractivity contribution < 1.29 is 25.2 Å². The second-order valence-corrected chi connectivity index (χ2v) is 8.94. The smallest absolute Gasteiger partial charge is 0.322 e. The van der Waals surface area contributed by atoms with Crippen LogP contribution in [0.15, 0.2) is 0 Å². The zero-order valence-electron chi connectivity index (χ0n) is 22.5. The van der Waals surface area contributed by atoms with Gasteiger partial charge in [0, 0.05) is 13.2 Å². The summed E-state index contributed by atoms with van der Waals surface area (Å²) in [6, 6.07) is -1.13. The summed E-state index contributed by atoms with van der Waals surface area (Å²) in [4.78, 5) is 9.65. The van der Waals surface area contributed by atoms with Crippen LogP contribution in [0.4, 0.5) is 0 Å². The van der Waals surface area contributed by atoms with Crippen LogP contribution in [0.3, 0.4) is 0 Å². The van der Waals surface area contributed by atoms with Gasteiger partial charge in [0.2, 0.25) is 0 Å². The van der Waals surface area contributed by atoms with Crippen molar-refractivity contribution in [2.75, 3.05) is 19.8 Å². The molecule has 0 aromatic carbocycles. The summed E-state index contributed by atoms with van der Waals surface area (Å²) in [6.07, 6.45) is 26.6. The molecule has 6 nitrogen and oxygen atoms in total. The largest absolute Gasteiger partial charge is 0.480 e. The number of rotatable bonds is 22. The molecule has 0 spiro atoms. The van der Waals surface area contributed by atoms with Gasteiger partial charge in [-0.3, -0.25) is 4.79 Å². The lowest BCUT2D eigenvalue weighted by molar-refractivity contribution is -0.139. The Labute approximate surface area is 217 Å². The average Bonchev–Trinajstić information content (AvgIpc) is 2.82. The van der Waals surface area contributed by atoms with E-state index in [9.17, 15) is 4.79 Å². The van der Waals surface area contributed by atoms with Crippen molar-refractivity contribution in [2.45, 2.75) is 148 Å². The first-order chi connectivity index (χ1) is 16.0. The lowest BCUT2D eigenvalue weighted by Gasteiger charge is -2.00. The molecule has 7 heteroatoms. The molecule has 0 saturated carbocycles. The highest BCUT2D eigenvalue weighted by atomic mass is 35.5. The van der Waals surface area contributed by atoms with Crippen LogP contribution in [-0.4, -0.2) is 52.3 Å². The molecule has 0 rings (SSSR count). The maximum atomic E-state index is 9.65. The standard InChI is InChI=1S/2C12H26O.C3H7NO3.ClH/c2*1-2-3-4-5-6-7-8-9-10-11-12-13;4-2(1-5)3(6)7;/h2*13H,2-12H2,1H3;2,5H,1,4H2,(H,6,7);1H. The monoisotopic (exact) mass is 513 g/mol. The number of carbonyl (C=O) groups is 1. The van der Waals surface area contributed by atoms with Gasteiger partial charge in [0.05, 0.1) is 6.61 Å². The van der Waals surface area contributed by atoms with Gasteiger partial charge in [-0.1, -0.05) is 129 Å². The molecule has 1 unspecified atom stereocenters. The highest BCUT2D eigenvalue weighted by Gasteiger charge is 2.07. The molecule has 0 aliphatic rings. The van der Waals surface area contributed by atoms with Crippen LogP contribution in [0.2, 0.25) is 0 Å². The van der Waals surface area contributed by atoms with Crippen LogP contribution in [0.25, 0.3) is 0 Å². The number of hydrogen-bond acceptors (Lipinski definition) is 5. The van der Waals surface area contributed by atoms with Crippen LogP contribution in [0.5, 0.6) is 0 Å². The molecule has 0 aromatic heterocycles. The molecule has 6 N–H and O–H groups in total. The molecule has 0 saturated heterocycles. The minimum absolute atomic E-state index is 0. The number of carboxylic acids is 1. The first-order valence-corrected chi connectivity index (χ1v) is 13.8. The Bertz CT molecular complexity index is 307. The number of halogens is 1. The van der Waals surface area contributed by atoms with E-state index in [-0.39, 0.29) is 12.4 Å². The zero-order chi connectivity index (χ0) is 25.4. The highest BCUT2D eigenvalue weighted by molar-refractivity contribution is 5.85. The average molecular weight is 514 g/mol. The number of hydrogen-bond donors (Lipinski definition) is 5. The predicted octanol–water partition coefficient (Wildman–Crippen LogP) is 6.61. The number of unbranched alkanes of at least 4 members (excludes halogenated alkanes) is 18. The second kappa shape index (κ2) is 39.8. The minimum atomic E-state index is -1.18. The van der Waals surface area contributed by atoms with E-state index < -0.39 is 18.6 Å². The third kappa shape index (κ3) is 45.1. The Hall–Kier alpha value is -0.400. The minimum Gasteiger partial charge on any atom is -0.480 e. The van der Waals surface area contributed by atoms with E-state index in [4.69, 9.17) is 26.2 Å². The van der Waals surface area contributed by atoms with Gasteiger partial charge in [0.25, 0.3) is 0 Å². The number of nitrogens with two attached hydrogens (primary N) is 1. The third-order valence-corrected chi connectivity index (χ3v) is 5.54. The van der Waals surface area contributed by atoms with E-state index in [1.165, 1.54) is 116 Å². The van der Waals surface area contributed by atoms with Crippen molar-refractivity contribution in [1.82, 2.24) is 0 Å². The summed E-state index contributed by atoms with van der Waals surface area (Å²) in [5.41, 5.74) is 4.77. The SMILES string of the molecule is CCCCCCCCCCCCO.CCCCCCCCCCCCO.Cl.NC(CO)C(=O)O. The third-order valence-electron chi connectivity index (χ3n) is 5.54. The van der Waals surface area contributed by atoms with E-state index in [2.05, 4.69) is 13.8 Å². The van der Waals surface area contributed by atoms with Crippen LogP contribution in [-0.2, 0) is 4.79 Å². The Kier molecular flexibility index (Phi) is 47.7. The first-order valence-electron chi connectivity index (χ1n) is 13.8. The van der Waals surface area contributed by atoms with Gasteiger partial charge < -0.3 is 26.2 Å². The van der Waals surface area contributed by atoms with Gasteiger partial charge in [0.1, 0.15) is 6.04 Å². The predicted molar refractivity (Wildman–Crippen MR) is 148 cm³/mol. The molecule has 0 aromatic rings. The molecule has 210 valence electrons. The highest BCUT2D eigenvalue weighted by Crippen LogP contribution is 2.11. The Morgan fingerprint density at radius 3 is 0.941 bits per heavy atom. The van der Waals surface area contributed by atoms with Gasteiger partial charge in [-0.25, -0.2) is 0 Å². The van der Waals surface area contributed by atoms with Crippen molar-refractivity contribution in [3.63, 3.8) is 0 Å². The van der Waals surface area contributed by atoms with Crippen molar-refractivity contribution in [3.8, 4) is 0 Å². The summed E-state index contributed by atoms with van der Waals surface area (Å²) in [7, 11) is 0. The lowest BCUT2D eigenvalue weighted by atomic mass is 10.1. The number of carboxylic acid groups (broad SMARTS) is 1. The molecule has 0 fully saturated rings. The van der Waals surface area contributed by atoms with Gasteiger partial charge in [-0.2, -0.15) is 0 Å². The van der Waals surface area contributed by atoms with Gasteiger partial charge >= 0.3 is 5.97 Å². The van der Waals surface area contributed by atoms with Crippen molar-refractivity contribution in [3.05, 3.63) is 0 Å². The van der Waals surface area contributed by atoms with Crippen molar-refractivity contribution in [2.24, 2.45) is 5.73 Å². The summed E-state index contributed by atoms with van der Waals surface area (Å²) in [6.45, 7) is 4.76. The quantitative estimate of drug-likeness (QED) is 0.104. The summed E-state index contributed by atoms with van der Waals surface area (Å²) < 4.78 is 0. The Balaban J connectivity index is -0.000000205. The molecular formula is C27H60ClNO5. The molecule has 0 bridgehead atoms. The molecular weight excluding hydrogens is 454 g/mol. The van der Waals surface area contributed by atoms with E-state index in [1.54, 1.807) is 0 Å². The van der Waals surface area contributed by atoms with E-state index in [0.717, 1.165) is 12.8 Å². The maximum Gasteiger partial charge on any atom is 0.322 e. The molecule has 1 atom stereocenters. The fraction of sp³-hybridized carbons (Fsp3) is 0.963. The van der Waals surface area contributed by atoms with E-state index >= 15 is 0 Å². The van der Waals surface area contributed by atoms with Crippen LogP contribution in [0.1, 0.15) is 142 Å². The normalized spacial score (nSPS) is 10.9. The molecule has 0 heterocycles. The van der Waals surface area contributed by atoms with Crippen LogP contribution in [0, 0.1) is 0 Å².